The predicted molar refractivity (Wildman–Crippen MR) is 120 cm³/mol. The third-order valence-electron chi connectivity index (χ3n) is 4.99. The third-order valence-corrected chi connectivity index (χ3v) is 4.99. The molecule has 1 aliphatic carbocycles. The summed E-state index contributed by atoms with van der Waals surface area (Å²) in [5, 5.41) is 0. The molecular formula is C24H36O10. The molecule has 0 N–H and O–H groups in total. The lowest BCUT2D eigenvalue weighted by atomic mass is 9.82. The fourth-order valence-corrected chi connectivity index (χ4v) is 3.10. The molecule has 0 heterocycles. The van der Waals surface area contributed by atoms with Gasteiger partial charge in [-0.1, -0.05) is 13.2 Å². The Labute approximate surface area is 200 Å². The lowest BCUT2D eigenvalue weighted by molar-refractivity contribution is -0.188. The van der Waals surface area contributed by atoms with Crippen molar-refractivity contribution in [1.82, 2.24) is 0 Å². The molecule has 10 nitrogen and oxygen atoms in total. The molecular weight excluding hydrogens is 448 g/mol. The lowest BCUT2D eigenvalue weighted by Crippen LogP contribution is -2.32. The summed E-state index contributed by atoms with van der Waals surface area (Å²) in [4.78, 5) is 47.3. The maximum atomic E-state index is 12.4. The zero-order chi connectivity index (χ0) is 25.7. The third kappa shape index (κ3) is 11.4. The van der Waals surface area contributed by atoms with E-state index in [1.165, 1.54) is 0 Å². The van der Waals surface area contributed by atoms with Crippen LogP contribution in [0.25, 0.3) is 0 Å². The average molecular weight is 485 g/mol. The summed E-state index contributed by atoms with van der Waals surface area (Å²) in [6.45, 7) is 13.5. The minimum atomic E-state index is -0.786. The molecule has 1 saturated carbocycles. The first-order chi connectivity index (χ1) is 16.0. The quantitative estimate of drug-likeness (QED) is 0.119. The first-order valence-corrected chi connectivity index (χ1v) is 11.3. The van der Waals surface area contributed by atoms with Gasteiger partial charge in [0.2, 0.25) is 0 Å². The molecule has 1 aliphatic rings. The summed E-state index contributed by atoms with van der Waals surface area (Å²) < 4.78 is 31.1. The molecule has 0 saturated heterocycles. The van der Waals surface area contributed by atoms with E-state index >= 15 is 0 Å². The predicted octanol–water partition coefficient (Wildman–Crippen LogP) is 2.84. The van der Waals surface area contributed by atoms with Crippen molar-refractivity contribution in [3.63, 3.8) is 0 Å². The highest BCUT2D eigenvalue weighted by Crippen LogP contribution is 2.31. The maximum absolute atomic E-state index is 12.4. The molecule has 192 valence electrons. The molecule has 2 unspecified atom stereocenters. The number of carbonyl (C=O) groups is 4. The van der Waals surface area contributed by atoms with Crippen molar-refractivity contribution in [2.75, 3.05) is 26.4 Å². The van der Waals surface area contributed by atoms with Gasteiger partial charge < -0.3 is 28.4 Å². The molecule has 0 aliphatic heterocycles. The molecule has 0 aromatic carbocycles. The van der Waals surface area contributed by atoms with Crippen molar-refractivity contribution in [1.29, 1.82) is 0 Å². The Morgan fingerprint density at radius 2 is 1.00 bits per heavy atom. The van der Waals surface area contributed by atoms with E-state index in [-0.39, 0.29) is 50.2 Å². The van der Waals surface area contributed by atoms with E-state index in [1.54, 1.807) is 27.7 Å². The summed E-state index contributed by atoms with van der Waals surface area (Å²) in [6.07, 6.45) is 0.403. The lowest BCUT2D eigenvalue weighted by Gasteiger charge is -2.27. The zero-order valence-electron chi connectivity index (χ0n) is 20.5. The molecule has 0 bridgehead atoms. The smallest absolute Gasteiger partial charge is 0.333 e. The fraction of sp³-hybridized carbons (Fsp3) is 0.667. The van der Waals surface area contributed by atoms with Crippen molar-refractivity contribution in [3.05, 3.63) is 24.3 Å². The monoisotopic (exact) mass is 484 g/mol. The molecule has 0 amide bonds. The van der Waals surface area contributed by atoms with Gasteiger partial charge in [-0.3, -0.25) is 9.59 Å². The molecule has 0 aromatic rings. The van der Waals surface area contributed by atoms with Crippen LogP contribution in [-0.4, -0.2) is 62.9 Å². The van der Waals surface area contributed by atoms with Crippen LogP contribution in [0.4, 0.5) is 0 Å². The number of ether oxygens (including phenoxy) is 6. The highest BCUT2D eigenvalue weighted by Gasteiger charge is 2.33. The van der Waals surface area contributed by atoms with E-state index in [2.05, 4.69) is 13.2 Å². The van der Waals surface area contributed by atoms with Gasteiger partial charge in [0.15, 0.2) is 12.6 Å². The van der Waals surface area contributed by atoms with Gasteiger partial charge in [0.05, 0.1) is 25.0 Å². The minimum absolute atomic E-state index is 0.0303. The summed E-state index contributed by atoms with van der Waals surface area (Å²) in [5.41, 5.74) is 0.588. The summed E-state index contributed by atoms with van der Waals surface area (Å²) >= 11 is 0. The Hall–Kier alpha value is -2.72. The van der Waals surface area contributed by atoms with Gasteiger partial charge in [0, 0.05) is 11.1 Å². The first-order valence-electron chi connectivity index (χ1n) is 11.3. The molecule has 1 rings (SSSR count). The van der Waals surface area contributed by atoms with Crippen LogP contribution in [0.3, 0.4) is 0 Å². The average Bonchev–Trinajstić information content (AvgIpc) is 2.79. The van der Waals surface area contributed by atoms with Crippen molar-refractivity contribution in [2.45, 2.75) is 66.0 Å². The van der Waals surface area contributed by atoms with Gasteiger partial charge >= 0.3 is 23.9 Å². The van der Waals surface area contributed by atoms with Crippen LogP contribution < -0.4 is 0 Å². The van der Waals surface area contributed by atoms with Crippen LogP contribution in [0.2, 0.25) is 0 Å². The number of hydrogen-bond donors (Lipinski definition) is 0. The second-order valence-corrected chi connectivity index (χ2v) is 8.13. The van der Waals surface area contributed by atoms with Crippen molar-refractivity contribution in [3.8, 4) is 0 Å². The Morgan fingerprint density at radius 1 is 0.676 bits per heavy atom. The summed E-state index contributed by atoms with van der Waals surface area (Å²) in [5.74, 6) is -2.44. The highest BCUT2D eigenvalue weighted by molar-refractivity contribution is 5.87. The molecule has 1 fully saturated rings. The van der Waals surface area contributed by atoms with E-state index in [1.807, 2.05) is 0 Å². The molecule has 2 atom stereocenters. The normalized spacial score (nSPS) is 19.3. The Bertz CT molecular complexity index is 674. The van der Waals surface area contributed by atoms with Gasteiger partial charge in [-0.05, 0) is 53.4 Å². The highest BCUT2D eigenvalue weighted by atomic mass is 16.7. The van der Waals surface area contributed by atoms with E-state index in [0.717, 1.165) is 0 Å². The van der Waals surface area contributed by atoms with E-state index in [4.69, 9.17) is 28.4 Å². The SMILES string of the molecule is C=C(C)C(=O)OCCOC(C)OC(=O)C1CCC(C(=O)OC(C)OCCOC(=O)C(=C)C)CC1. The minimum Gasteiger partial charge on any atom is -0.460 e. The van der Waals surface area contributed by atoms with E-state index in [0.29, 0.717) is 36.8 Å². The van der Waals surface area contributed by atoms with Crippen molar-refractivity contribution < 1.29 is 47.6 Å². The number of carbonyl (C=O) groups excluding carboxylic acids is 4. The number of hydrogen-bond acceptors (Lipinski definition) is 10. The van der Waals surface area contributed by atoms with Crippen LogP contribution in [0.15, 0.2) is 24.3 Å². The molecule has 0 aromatic heterocycles. The van der Waals surface area contributed by atoms with Gasteiger partial charge in [0.25, 0.3) is 0 Å². The number of rotatable bonds is 14. The first kappa shape index (κ1) is 29.3. The van der Waals surface area contributed by atoms with Crippen LogP contribution in [0, 0.1) is 11.8 Å². The summed E-state index contributed by atoms with van der Waals surface area (Å²) in [7, 11) is 0. The Morgan fingerprint density at radius 3 is 1.29 bits per heavy atom. The zero-order valence-corrected chi connectivity index (χ0v) is 20.5. The van der Waals surface area contributed by atoms with Gasteiger partial charge in [0.1, 0.15) is 13.2 Å². The molecule has 0 radical (unpaired) electrons. The fourth-order valence-electron chi connectivity index (χ4n) is 3.10. The maximum Gasteiger partial charge on any atom is 0.333 e. The van der Waals surface area contributed by atoms with E-state index in [9.17, 15) is 19.2 Å². The van der Waals surface area contributed by atoms with Crippen molar-refractivity contribution in [2.24, 2.45) is 11.8 Å². The van der Waals surface area contributed by atoms with Gasteiger partial charge in [-0.2, -0.15) is 0 Å². The van der Waals surface area contributed by atoms with Gasteiger partial charge in [-0.15, -0.1) is 0 Å². The standard InChI is InChI=1S/C24H36O10/c1-15(2)21(25)31-13-11-29-17(5)33-23(27)19-7-9-20(10-8-19)24(28)34-18(6)30-12-14-32-22(26)16(3)4/h17-20H,1,3,7-14H2,2,4-6H3. The Balaban J connectivity index is 2.23. The molecule has 0 spiro atoms. The van der Waals surface area contributed by atoms with Gasteiger partial charge in [-0.25, -0.2) is 9.59 Å². The number of esters is 4. The second-order valence-electron chi connectivity index (χ2n) is 8.13. The van der Waals surface area contributed by atoms with E-state index < -0.39 is 24.5 Å². The van der Waals surface area contributed by atoms with Crippen LogP contribution in [0.1, 0.15) is 53.4 Å². The van der Waals surface area contributed by atoms with Crippen LogP contribution >= 0.6 is 0 Å². The van der Waals surface area contributed by atoms with Crippen LogP contribution in [0.5, 0.6) is 0 Å². The topological polar surface area (TPSA) is 124 Å². The van der Waals surface area contributed by atoms with Crippen LogP contribution in [-0.2, 0) is 47.6 Å². The molecule has 10 heteroatoms. The molecule has 34 heavy (non-hydrogen) atoms. The Kier molecular flexibility index (Phi) is 13.1. The second kappa shape index (κ2) is 15.2. The summed E-state index contributed by atoms with van der Waals surface area (Å²) in [6, 6.07) is 0. The largest absolute Gasteiger partial charge is 0.460 e. The van der Waals surface area contributed by atoms with Crippen molar-refractivity contribution >= 4 is 23.9 Å².